The predicted octanol–water partition coefficient (Wildman–Crippen LogP) is 3.39. The number of carboxylic acids is 1. The van der Waals surface area contributed by atoms with Crippen molar-refractivity contribution in [1.29, 1.82) is 0 Å². The maximum atomic E-state index is 11.1. The fraction of sp³-hybridized carbons (Fsp3) is 0.571. The minimum Gasteiger partial charge on any atom is -0.481 e. The molecule has 1 aromatic heterocycles. The Morgan fingerprint density at radius 3 is 2.71 bits per heavy atom. The average Bonchev–Trinajstić information content (AvgIpc) is 2.30. The summed E-state index contributed by atoms with van der Waals surface area (Å²) in [6, 6.07) is 5.70. The summed E-state index contributed by atoms with van der Waals surface area (Å²) in [6.45, 7) is 4.05. The number of aliphatic carboxylic acids is 1. The predicted molar refractivity (Wildman–Crippen MR) is 68.1 cm³/mol. The number of aromatic nitrogens is 1. The van der Waals surface area contributed by atoms with Crippen LogP contribution in [0.15, 0.2) is 18.2 Å². The van der Waals surface area contributed by atoms with E-state index in [1.54, 1.807) is 0 Å². The van der Waals surface area contributed by atoms with Gasteiger partial charge in [0.15, 0.2) is 0 Å². The van der Waals surface area contributed by atoms with Gasteiger partial charge in [-0.2, -0.15) is 0 Å². The van der Waals surface area contributed by atoms with Crippen LogP contribution in [-0.2, 0) is 11.2 Å². The molecule has 0 radical (unpaired) electrons. The monoisotopic (exact) mass is 235 g/mol. The van der Waals surface area contributed by atoms with Crippen LogP contribution in [0.25, 0.3) is 0 Å². The van der Waals surface area contributed by atoms with Crippen molar-refractivity contribution in [3.63, 3.8) is 0 Å². The van der Waals surface area contributed by atoms with Crippen molar-refractivity contribution in [2.24, 2.45) is 0 Å². The molecular weight excluding hydrogens is 214 g/mol. The molecule has 0 aliphatic carbocycles. The van der Waals surface area contributed by atoms with E-state index in [1.165, 1.54) is 12.8 Å². The van der Waals surface area contributed by atoms with Crippen molar-refractivity contribution in [2.45, 2.75) is 51.9 Å². The number of hydrogen-bond acceptors (Lipinski definition) is 2. The van der Waals surface area contributed by atoms with Crippen molar-refractivity contribution in [1.82, 2.24) is 4.98 Å². The van der Waals surface area contributed by atoms with Gasteiger partial charge < -0.3 is 5.11 Å². The second kappa shape index (κ2) is 7.05. The summed E-state index contributed by atoms with van der Waals surface area (Å²) in [4.78, 5) is 15.5. The highest BCUT2D eigenvalue weighted by Crippen LogP contribution is 2.18. The highest BCUT2D eigenvalue weighted by molar-refractivity contribution is 5.75. The largest absolute Gasteiger partial charge is 0.481 e. The van der Waals surface area contributed by atoms with Crippen LogP contribution in [-0.4, -0.2) is 16.1 Å². The molecule has 3 heteroatoms. The number of nitrogens with zero attached hydrogens (tertiary/aromatic N) is 1. The summed E-state index contributed by atoms with van der Waals surface area (Å²) < 4.78 is 0. The molecule has 1 rings (SSSR count). The van der Waals surface area contributed by atoms with Crippen molar-refractivity contribution in [3.05, 3.63) is 29.6 Å². The Kier molecular flexibility index (Phi) is 5.67. The van der Waals surface area contributed by atoms with Gasteiger partial charge in [0.1, 0.15) is 0 Å². The first kappa shape index (κ1) is 13.7. The highest BCUT2D eigenvalue weighted by Gasteiger charge is 2.18. The van der Waals surface area contributed by atoms with Crippen molar-refractivity contribution in [2.75, 3.05) is 0 Å². The summed E-state index contributed by atoms with van der Waals surface area (Å²) in [7, 11) is 0. The van der Waals surface area contributed by atoms with E-state index < -0.39 is 11.9 Å². The van der Waals surface area contributed by atoms with Crippen LogP contribution in [0.3, 0.4) is 0 Å². The Bertz CT molecular complexity index is 363. The Morgan fingerprint density at radius 2 is 2.12 bits per heavy atom. The fourth-order valence-electron chi connectivity index (χ4n) is 1.90. The lowest BCUT2D eigenvalue weighted by Gasteiger charge is -2.10. The van der Waals surface area contributed by atoms with Crippen LogP contribution in [0.2, 0.25) is 0 Å². The topological polar surface area (TPSA) is 50.2 Å². The fourth-order valence-corrected chi connectivity index (χ4v) is 1.90. The van der Waals surface area contributed by atoms with Crippen LogP contribution in [0, 0.1) is 0 Å². The maximum absolute atomic E-state index is 11.1. The van der Waals surface area contributed by atoms with Gasteiger partial charge in [0.05, 0.1) is 11.6 Å². The minimum absolute atomic E-state index is 0.471. The van der Waals surface area contributed by atoms with E-state index >= 15 is 0 Å². The zero-order valence-corrected chi connectivity index (χ0v) is 10.6. The molecule has 1 heterocycles. The molecule has 0 spiro atoms. The van der Waals surface area contributed by atoms with Gasteiger partial charge in [-0.15, -0.1) is 0 Å². The van der Waals surface area contributed by atoms with Crippen LogP contribution in [0.5, 0.6) is 0 Å². The first-order valence-corrected chi connectivity index (χ1v) is 6.37. The zero-order chi connectivity index (χ0) is 12.7. The second-order valence-electron chi connectivity index (χ2n) is 4.31. The molecule has 0 amide bonds. The Labute approximate surface area is 103 Å². The second-order valence-corrected chi connectivity index (χ2v) is 4.31. The summed E-state index contributed by atoms with van der Waals surface area (Å²) in [5.74, 6) is -1.26. The van der Waals surface area contributed by atoms with E-state index in [0.29, 0.717) is 12.1 Å². The van der Waals surface area contributed by atoms with E-state index in [-0.39, 0.29) is 0 Å². The molecule has 1 N–H and O–H groups in total. The molecule has 3 nitrogen and oxygen atoms in total. The molecule has 0 aliphatic heterocycles. The molecule has 1 unspecified atom stereocenters. The zero-order valence-electron chi connectivity index (χ0n) is 10.6. The number of carbonyl (C=O) groups is 1. The van der Waals surface area contributed by atoms with Gasteiger partial charge in [-0.25, -0.2) is 0 Å². The molecule has 0 saturated carbocycles. The third kappa shape index (κ3) is 4.17. The van der Waals surface area contributed by atoms with E-state index in [9.17, 15) is 4.79 Å². The van der Waals surface area contributed by atoms with Crippen molar-refractivity contribution in [3.8, 4) is 0 Å². The van der Waals surface area contributed by atoms with E-state index in [0.717, 1.165) is 18.5 Å². The van der Waals surface area contributed by atoms with Gasteiger partial charge in [-0.1, -0.05) is 32.8 Å². The Hall–Kier alpha value is -1.38. The SMILES string of the molecule is CCCCCc1cccc(C(CC)C(=O)O)n1. The number of rotatable bonds is 7. The van der Waals surface area contributed by atoms with Crippen LogP contribution < -0.4 is 0 Å². The van der Waals surface area contributed by atoms with Gasteiger partial charge in [-0.05, 0) is 31.4 Å². The molecule has 0 saturated heterocycles. The Morgan fingerprint density at radius 1 is 1.35 bits per heavy atom. The lowest BCUT2D eigenvalue weighted by Crippen LogP contribution is -2.12. The normalized spacial score (nSPS) is 12.4. The van der Waals surface area contributed by atoms with Crippen molar-refractivity contribution >= 4 is 5.97 Å². The van der Waals surface area contributed by atoms with Crippen LogP contribution >= 0.6 is 0 Å². The van der Waals surface area contributed by atoms with Gasteiger partial charge in [0.2, 0.25) is 0 Å². The number of aryl methyl sites for hydroxylation is 1. The maximum Gasteiger partial charge on any atom is 0.312 e. The molecule has 0 aromatic carbocycles. The smallest absolute Gasteiger partial charge is 0.312 e. The molecule has 1 aromatic rings. The molecule has 1 atom stereocenters. The highest BCUT2D eigenvalue weighted by atomic mass is 16.4. The third-order valence-corrected chi connectivity index (χ3v) is 2.93. The summed E-state index contributed by atoms with van der Waals surface area (Å²) in [5, 5.41) is 9.09. The van der Waals surface area contributed by atoms with Gasteiger partial charge in [0, 0.05) is 5.69 Å². The first-order valence-electron chi connectivity index (χ1n) is 6.37. The van der Waals surface area contributed by atoms with E-state index in [4.69, 9.17) is 5.11 Å². The number of pyridine rings is 1. The minimum atomic E-state index is -0.786. The molecule has 94 valence electrons. The summed E-state index contributed by atoms with van der Waals surface area (Å²) >= 11 is 0. The van der Waals surface area contributed by atoms with Gasteiger partial charge in [0.25, 0.3) is 0 Å². The van der Waals surface area contributed by atoms with E-state index in [2.05, 4.69) is 11.9 Å². The first-order chi connectivity index (χ1) is 8.19. The average molecular weight is 235 g/mol. The number of hydrogen-bond donors (Lipinski definition) is 1. The molecular formula is C14H21NO2. The van der Waals surface area contributed by atoms with Crippen molar-refractivity contribution < 1.29 is 9.90 Å². The van der Waals surface area contributed by atoms with Gasteiger partial charge in [-0.3, -0.25) is 9.78 Å². The lowest BCUT2D eigenvalue weighted by atomic mass is 10.0. The standard InChI is InChI=1S/C14H21NO2/c1-3-5-6-8-11-9-7-10-13(15-11)12(4-2)14(16)17/h7,9-10,12H,3-6,8H2,1-2H3,(H,16,17). The lowest BCUT2D eigenvalue weighted by molar-refractivity contribution is -0.138. The number of carboxylic acid groups (broad SMARTS) is 1. The van der Waals surface area contributed by atoms with E-state index in [1.807, 2.05) is 25.1 Å². The molecule has 0 aliphatic rings. The quantitative estimate of drug-likeness (QED) is 0.737. The number of unbranched alkanes of at least 4 members (excludes halogenated alkanes) is 2. The summed E-state index contributed by atoms with van der Waals surface area (Å²) in [5.41, 5.74) is 1.70. The Balaban J connectivity index is 2.73. The summed E-state index contributed by atoms with van der Waals surface area (Å²) in [6.07, 6.45) is 5.03. The molecule has 0 fully saturated rings. The van der Waals surface area contributed by atoms with Crippen LogP contribution in [0.1, 0.15) is 56.8 Å². The molecule has 0 bridgehead atoms. The molecule has 17 heavy (non-hydrogen) atoms. The third-order valence-electron chi connectivity index (χ3n) is 2.93. The van der Waals surface area contributed by atoms with Crippen LogP contribution in [0.4, 0.5) is 0 Å². The van der Waals surface area contributed by atoms with Gasteiger partial charge >= 0.3 is 5.97 Å².